The van der Waals surface area contributed by atoms with Crippen molar-refractivity contribution in [1.29, 1.82) is 0 Å². The first-order chi connectivity index (χ1) is 10.2. The summed E-state index contributed by atoms with van der Waals surface area (Å²) in [4.78, 5) is 0. The zero-order chi connectivity index (χ0) is 14.8. The van der Waals surface area contributed by atoms with Gasteiger partial charge in [0.25, 0.3) is 0 Å². The Morgan fingerprint density at radius 1 is 1.00 bits per heavy atom. The molecule has 3 rings (SSSR count). The van der Waals surface area contributed by atoms with E-state index in [0.29, 0.717) is 16.6 Å². The van der Waals surface area contributed by atoms with Crippen LogP contribution >= 0.6 is 23.2 Å². The first-order valence-electron chi connectivity index (χ1n) is 6.90. The fourth-order valence-corrected chi connectivity index (χ4v) is 3.11. The van der Waals surface area contributed by atoms with Crippen LogP contribution in [0, 0.1) is 0 Å². The normalized spacial score (nSPS) is 11.2. The second-order valence-corrected chi connectivity index (χ2v) is 5.92. The third-order valence-electron chi connectivity index (χ3n) is 3.64. The molecule has 21 heavy (non-hydrogen) atoms. The van der Waals surface area contributed by atoms with E-state index in [0.717, 1.165) is 18.5 Å². The van der Waals surface area contributed by atoms with Gasteiger partial charge >= 0.3 is 0 Å². The highest BCUT2D eigenvalue weighted by atomic mass is 35.5. The summed E-state index contributed by atoms with van der Waals surface area (Å²) in [7, 11) is 0. The molecule has 4 heteroatoms. The van der Waals surface area contributed by atoms with Gasteiger partial charge in [-0.2, -0.15) is 0 Å². The molecule has 0 radical (unpaired) electrons. The monoisotopic (exact) mass is 318 g/mol. The number of fused-ring (bicyclic) bond motifs is 1. The molecule has 2 N–H and O–H groups in total. The maximum atomic E-state index is 6.28. The van der Waals surface area contributed by atoms with E-state index in [-0.39, 0.29) is 0 Å². The molecule has 1 aromatic heterocycles. The van der Waals surface area contributed by atoms with Crippen molar-refractivity contribution in [1.82, 2.24) is 4.57 Å². The number of para-hydroxylation sites is 1. The summed E-state index contributed by atoms with van der Waals surface area (Å²) in [5.41, 5.74) is 9.24. The van der Waals surface area contributed by atoms with Gasteiger partial charge in [-0.3, -0.25) is 0 Å². The van der Waals surface area contributed by atoms with Gasteiger partial charge in [-0.15, -0.1) is 0 Å². The quantitative estimate of drug-likeness (QED) is 0.754. The van der Waals surface area contributed by atoms with E-state index in [1.165, 1.54) is 16.5 Å². The lowest BCUT2D eigenvalue weighted by Gasteiger charge is -2.08. The third-order valence-corrected chi connectivity index (χ3v) is 4.23. The van der Waals surface area contributed by atoms with Gasteiger partial charge in [-0.05, 0) is 42.3 Å². The van der Waals surface area contributed by atoms with Crippen molar-refractivity contribution in [3.05, 3.63) is 69.8 Å². The molecule has 0 bridgehead atoms. The number of nitrogens with zero attached hydrogens (tertiary/aromatic N) is 1. The fraction of sp³-hybridized carbons (Fsp3) is 0.176. The minimum absolute atomic E-state index is 0.649. The highest BCUT2D eigenvalue weighted by Crippen LogP contribution is 2.26. The average Bonchev–Trinajstić information content (AvgIpc) is 2.81. The summed E-state index contributed by atoms with van der Waals surface area (Å²) in [5, 5.41) is 2.61. The molecule has 108 valence electrons. The van der Waals surface area contributed by atoms with Gasteiger partial charge in [-0.25, -0.2) is 0 Å². The van der Waals surface area contributed by atoms with Gasteiger partial charge in [0.05, 0.1) is 0 Å². The standard InChI is InChI=1S/C17H16Cl2N2/c18-14-6-5-13(16(19)9-14)11-21-10-12(7-8-20)15-3-1-2-4-17(15)21/h1-6,9-10H,7-8,11,20H2. The van der Waals surface area contributed by atoms with Crippen molar-refractivity contribution in [3.63, 3.8) is 0 Å². The molecule has 1 heterocycles. The highest BCUT2D eigenvalue weighted by Gasteiger charge is 2.09. The largest absolute Gasteiger partial charge is 0.343 e. The summed E-state index contributed by atoms with van der Waals surface area (Å²) in [5.74, 6) is 0. The molecule has 3 aromatic rings. The second-order valence-electron chi connectivity index (χ2n) is 5.07. The molecule has 0 aliphatic heterocycles. The molecule has 0 saturated heterocycles. The molecule has 2 aromatic carbocycles. The first-order valence-corrected chi connectivity index (χ1v) is 7.65. The van der Waals surface area contributed by atoms with Crippen LogP contribution < -0.4 is 5.73 Å². The molecule has 0 amide bonds. The lowest BCUT2D eigenvalue weighted by Crippen LogP contribution is -2.02. The molecule has 0 spiro atoms. The Balaban J connectivity index is 2.04. The lowest BCUT2D eigenvalue weighted by molar-refractivity contribution is 0.827. The zero-order valence-corrected chi connectivity index (χ0v) is 13.0. The SMILES string of the molecule is NCCc1cn(Cc2ccc(Cl)cc2Cl)c2ccccc12. The van der Waals surface area contributed by atoms with Gasteiger partial charge in [-0.1, -0.05) is 47.5 Å². The van der Waals surface area contributed by atoms with Crippen molar-refractivity contribution in [2.24, 2.45) is 5.73 Å². The molecule has 0 aliphatic carbocycles. The molecular formula is C17H16Cl2N2. The minimum Gasteiger partial charge on any atom is -0.343 e. The summed E-state index contributed by atoms with van der Waals surface area (Å²) in [6.07, 6.45) is 3.05. The van der Waals surface area contributed by atoms with E-state index in [4.69, 9.17) is 28.9 Å². The Hall–Kier alpha value is -1.48. The Kier molecular flexibility index (Phi) is 4.20. The molecule has 2 nitrogen and oxygen atoms in total. The van der Waals surface area contributed by atoms with Crippen molar-refractivity contribution < 1.29 is 0 Å². The van der Waals surface area contributed by atoms with Crippen LogP contribution in [-0.4, -0.2) is 11.1 Å². The second kappa shape index (κ2) is 6.10. The van der Waals surface area contributed by atoms with Crippen LogP contribution in [0.2, 0.25) is 10.0 Å². The smallest absolute Gasteiger partial charge is 0.0491 e. The molecule has 0 saturated carbocycles. The van der Waals surface area contributed by atoms with Crippen LogP contribution in [-0.2, 0) is 13.0 Å². The molecule has 0 atom stereocenters. The van der Waals surface area contributed by atoms with Gasteiger partial charge < -0.3 is 10.3 Å². The number of hydrogen-bond donors (Lipinski definition) is 1. The van der Waals surface area contributed by atoms with Gasteiger partial charge in [0, 0.05) is 33.7 Å². The van der Waals surface area contributed by atoms with Crippen molar-refractivity contribution in [2.75, 3.05) is 6.54 Å². The van der Waals surface area contributed by atoms with Crippen LogP contribution in [0.3, 0.4) is 0 Å². The Bertz CT molecular complexity index is 778. The van der Waals surface area contributed by atoms with Crippen molar-refractivity contribution in [2.45, 2.75) is 13.0 Å². The summed E-state index contributed by atoms with van der Waals surface area (Å²) >= 11 is 12.2. The maximum absolute atomic E-state index is 6.28. The van der Waals surface area contributed by atoms with Crippen LogP contribution in [0.4, 0.5) is 0 Å². The van der Waals surface area contributed by atoms with E-state index < -0.39 is 0 Å². The summed E-state index contributed by atoms with van der Waals surface area (Å²) in [6.45, 7) is 1.37. The van der Waals surface area contributed by atoms with Gasteiger partial charge in [0.1, 0.15) is 0 Å². The van der Waals surface area contributed by atoms with Crippen molar-refractivity contribution >= 4 is 34.1 Å². The van der Waals surface area contributed by atoms with E-state index in [2.05, 4.69) is 35.0 Å². The zero-order valence-electron chi connectivity index (χ0n) is 11.5. The van der Waals surface area contributed by atoms with E-state index in [1.807, 2.05) is 12.1 Å². The predicted molar refractivity (Wildman–Crippen MR) is 90.3 cm³/mol. The summed E-state index contributed by atoms with van der Waals surface area (Å²) < 4.78 is 2.22. The number of halogens is 2. The van der Waals surface area contributed by atoms with Crippen LogP contribution in [0.15, 0.2) is 48.7 Å². The fourth-order valence-electron chi connectivity index (χ4n) is 2.64. The predicted octanol–water partition coefficient (Wildman–Crippen LogP) is 4.50. The molecular weight excluding hydrogens is 303 g/mol. The van der Waals surface area contributed by atoms with Crippen molar-refractivity contribution in [3.8, 4) is 0 Å². The minimum atomic E-state index is 0.649. The topological polar surface area (TPSA) is 30.9 Å². The molecule has 0 fully saturated rings. The van der Waals surface area contributed by atoms with Gasteiger partial charge in [0.2, 0.25) is 0 Å². The number of benzene rings is 2. The van der Waals surface area contributed by atoms with Gasteiger partial charge in [0.15, 0.2) is 0 Å². The molecule has 0 unspecified atom stereocenters. The summed E-state index contributed by atoms with van der Waals surface area (Å²) in [6, 6.07) is 14.0. The van der Waals surface area contributed by atoms with Crippen LogP contribution in [0.1, 0.15) is 11.1 Å². The Morgan fingerprint density at radius 2 is 1.81 bits per heavy atom. The number of rotatable bonds is 4. The van der Waals surface area contributed by atoms with E-state index in [9.17, 15) is 0 Å². The number of nitrogens with two attached hydrogens (primary N) is 1. The molecule has 0 aliphatic rings. The Morgan fingerprint density at radius 3 is 2.57 bits per heavy atom. The highest BCUT2D eigenvalue weighted by molar-refractivity contribution is 6.35. The average molecular weight is 319 g/mol. The number of hydrogen-bond acceptors (Lipinski definition) is 1. The lowest BCUT2D eigenvalue weighted by atomic mass is 10.1. The van der Waals surface area contributed by atoms with E-state index in [1.54, 1.807) is 6.07 Å². The maximum Gasteiger partial charge on any atom is 0.0491 e. The number of aromatic nitrogens is 1. The van der Waals surface area contributed by atoms with Crippen LogP contribution in [0.5, 0.6) is 0 Å². The van der Waals surface area contributed by atoms with E-state index >= 15 is 0 Å². The first kappa shape index (κ1) is 14.5. The third kappa shape index (κ3) is 2.93. The van der Waals surface area contributed by atoms with Crippen LogP contribution in [0.25, 0.3) is 10.9 Å². The Labute approximate surface area is 134 Å².